The molecule has 0 N–H and O–H groups in total. The van der Waals surface area contributed by atoms with E-state index < -0.39 is 0 Å². The Hall–Kier alpha value is -2.09. The van der Waals surface area contributed by atoms with Gasteiger partial charge in [-0.05, 0) is 42.5 Å². The minimum Gasteiger partial charge on any atom is -0.493 e. The zero-order valence-electron chi connectivity index (χ0n) is 12.9. The van der Waals surface area contributed by atoms with Crippen LogP contribution < -0.4 is 9.47 Å². The van der Waals surface area contributed by atoms with Crippen molar-refractivity contribution in [3.63, 3.8) is 0 Å². The van der Waals surface area contributed by atoms with Crippen molar-refractivity contribution < 1.29 is 14.3 Å². The van der Waals surface area contributed by atoms with Crippen LogP contribution in [0, 0.1) is 0 Å². The number of aryl methyl sites for hydroxylation is 1. The molecule has 0 radical (unpaired) electrons. The Morgan fingerprint density at radius 2 is 2.05 bits per heavy atom. The molecule has 0 unspecified atom stereocenters. The first kappa shape index (κ1) is 16.3. The van der Waals surface area contributed by atoms with Crippen molar-refractivity contribution in [2.75, 3.05) is 14.2 Å². The maximum atomic E-state index is 12.5. The van der Waals surface area contributed by atoms with Crippen molar-refractivity contribution >= 4 is 17.5 Å². The third kappa shape index (κ3) is 3.38. The van der Waals surface area contributed by atoms with Crippen LogP contribution in [0.2, 0.25) is 0 Å². The summed E-state index contributed by atoms with van der Waals surface area (Å²) < 4.78 is 12.1. The highest BCUT2D eigenvalue weighted by atomic mass is 32.2. The van der Waals surface area contributed by atoms with E-state index >= 15 is 0 Å². The second kappa shape index (κ2) is 7.26. The number of hydrogen-bond donors (Lipinski definition) is 0. The van der Waals surface area contributed by atoms with Gasteiger partial charge in [-0.1, -0.05) is 11.8 Å². The topological polar surface area (TPSA) is 79.1 Å². The first-order chi connectivity index (χ1) is 10.6. The van der Waals surface area contributed by atoms with Crippen molar-refractivity contribution in [3.8, 4) is 11.5 Å². The highest BCUT2D eigenvalue weighted by molar-refractivity contribution is 8.00. The molecule has 0 aliphatic carbocycles. The second-order valence-corrected chi connectivity index (χ2v) is 5.78. The molecule has 0 spiro atoms. The van der Waals surface area contributed by atoms with Gasteiger partial charge in [-0.25, -0.2) is 4.68 Å². The van der Waals surface area contributed by atoms with Gasteiger partial charge in [0.2, 0.25) is 5.16 Å². The molecule has 22 heavy (non-hydrogen) atoms. The predicted molar refractivity (Wildman–Crippen MR) is 82.7 cm³/mol. The normalized spacial score (nSPS) is 12.0. The molecule has 1 aromatic heterocycles. The molecule has 1 aromatic carbocycles. The number of hydrogen-bond acceptors (Lipinski definition) is 7. The summed E-state index contributed by atoms with van der Waals surface area (Å²) in [4.78, 5) is 12.5. The van der Waals surface area contributed by atoms with Gasteiger partial charge in [-0.3, -0.25) is 4.79 Å². The number of tetrazole rings is 1. The Labute approximate surface area is 133 Å². The lowest BCUT2D eigenvalue weighted by atomic mass is 10.1. The number of carbonyl (C=O) groups is 1. The zero-order chi connectivity index (χ0) is 16.1. The van der Waals surface area contributed by atoms with E-state index in [1.165, 1.54) is 11.8 Å². The maximum absolute atomic E-state index is 12.5. The molecule has 0 saturated carbocycles. The van der Waals surface area contributed by atoms with Crippen LogP contribution in [-0.4, -0.2) is 45.5 Å². The van der Waals surface area contributed by atoms with Crippen LogP contribution >= 0.6 is 11.8 Å². The molecule has 7 nitrogen and oxygen atoms in total. The number of thioether (sulfide) groups is 1. The van der Waals surface area contributed by atoms with Crippen LogP contribution in [0.1, 0.15) is 24.2 Å². The van der Waals surface area contributed by atoms with Gasteiger partial charge in [0, 0.05) is 12.1 Å². The third-order valence-corrected chi connectivity index (χ3v) is 4.19. The molecule has 2 rings (SSSR count). The summed E-state index contributed by atoms with van der Waals surface area (Å²) in [6.07, 6.45) is 0. The van der Waals surface area contributed by atoms with Gasteiger partial charge in [-0.2, -0.15) is 0 Å². The summed E-state index contributed by atoms with van der Waals surface area (Å²) in [7, 11) is 3.10. The molecular weight excluding hydrogens is 304 g/mol. The van der Waals surface area contributed by atoms with E-state index in [0.29, 0.717) is 28.8 Å². The van der Waals surface area contributed by atoms with Crippen LogP contribution in [-0.2, 0) is 6.54 Å². The molecule has 0 amide bonds. The monoisotopic (exact) mass is 322 g/mol. The van der Waals surface area contributed by atoms with Crippen LogP contribution in [0.3, 0.4) is 0 Å². The molecule has 0 aliphatic heterocycles. The van der Waals surface area contributed by atoms with Gasteiger partial charge in [0.05, 0.1) is 19.5 Å². The quantitative estimate of drug-likeness (QED) is 0.570. The van der Waals surface area contributed by atoms with Gasteiger partial charge in [0.25, 0.3) is 0 Å². The summed E-state index contributed by atoms with van der Waals surface area (Å²) in [6.45, 7) is 4.44. The second-order valence-electron chi connectivity index (χ2n) is 4.47. The highest BCUT2D eigenvalue weighted by Gasteiger charge is 2.21. The summed E-state index contributed by atoms with van der Waals surface area (Å²) in [5, 5.41) is 11.7. The Morgan fingerprint density at radius 1 is 1.32 bits per heavy atom. The smallest absolute Gasteiger partial charge is 0.210 e. The van der Waals surface area contributed by atoms with Crippen LogP contribution in [0.25, 0.3) is 0 Å². The number of ether oxygens (including phenoxy) is 2. The molecule has 0 saturated heterocycles. The number of carbonyl (C=O) groups excluding carboxylic acids is 1. The molecular formula is C14H18N4O3S. The standard InChI is InChI=1S/C14H18N4O3S/c1-5-18-14(15-16-17-18)22-9(2)13(19)10-6-7-11(20-3)12(8-10)21-4/h6-9H,5H2,1-4H3/t9-/m0/s1. The van der Waals surface area contributed by atoms with E-state index in [1.54, 1.807) is 37.1 Å². The lowest BCUT2D eigenvalue weighted by Crippen LogP contribution is -2.15. The van der Waals surface area contributed by atoms with E-state index in [2.05, 4.69) is 15.5 Å². The first-order valence-corrected chi connectivity index (χ1v) is 7.67. The van der Waals surface area contributed by atoms with E-state index in [9.17, 15) is 4.79 Å². The number of Topliss-reactive ketones (excluding diaryl/α,β-unsaturated/α-hetero) is 1. The average molecular weight is 322 g/mol. The maximum Gasteiger partial charge on any atom is 0.210 e. The van der Waals surface area contributed by atoms with Crippen LogP contribution in [0.4, 0.5) is 0 Å². The first-order valence-electron chi connectivity index (χ1n) is 6.79. The Kier molecular flexibility index (Phi) is 5.37. The Balaban J connectivity index is 2.17. The largest absolute Gasteiger partial charge is 0.493 e. The minimum absolute atomic E-state index is 0.0170. The lowest BCUT2D eigenvalue weighted by Gasteiger charge is -2.12. The van der Waals surface area contributed by atoms with Gasteiger partial charge in [0.15, 0.2) is 17.3 Å². The summed E-state index contributed by atoms with van der Waals surface area (Å²) in [5.74, 6) is 1.11. The van der Waals surface area contributed by atoms with Crippen molar-refractivity contribution in [1.29, 1.82) is 0 Å². The number of ketones is 1. The molecule has 8 heteroatoms. The average Bonchev–Trinajstić information content (AvgIpc) is 3.00. The number of methoxy groups -OCH3 is 2. The Bertz CT molecular complexity index is 659. The van der Waals surface area contributed by atoms with E-state index in [0.717, 1.165) is 0 Å². The molecule has 0 aliphatic rings. The van der Waals surface area contributed by atoms with Gasteiger partial charge in [-0.15, -0.1) is 5.10 Å². The van der Waals surface area contributed by atoms with E-state index in [4.69, 9.17) is 9.47 Å². The molecule has 1 heterocycles. The fourth-order valence-corrected chi connectivity index (χ4v) is 2.85. The Morgan fingerprint density at radius 3 is 2.68 bits per heavy atom. The minimum atomic E-state index is -0.311. The van der Waals surface area contributed by atoms with E-state index in [1.807, 2.05) is 13.8 Å². The van der Waals surface area contributed by atoms with Crippen molar-refractivity contribution in [1.82, 2.24) is 20.2 Å². The predicted octanol–water partition coefficient (Wildman–Crippen LogP) is 2.07. The van der Waals surface area contributed by atoms with Crippen molar-refractivity contribution in [2.24, 2.45) is 0 Å². The van der Waals surface area contributed by atoms with Crippen molar-refractivity contribution in [3.05, 3.63) is 23.8 Å². The zero-order valence-corrected chi connectivity index (χ0v) is 13.8. The highest BCUT2D eigenvalue weighted by Crippen LogP contribution is 2.30. The summed E-state index contributed by atoms with van der Waals surface area (Å²) in [5.41, 5.74) is 0.563. The fourth-order valence-electron chi connectivity index (χ4n) is 1.92. The van der Waals surface area contributed by atoms with Crippen LogP contribution in [0.15, 0.2) is 23.4 Å². The summed E-state index contributed by atoms with van der Waals surface area (Å²) >= 11 is 1.33. The molecule has 2 aromatic rings. The van der Waals surface area contributed by atoms with Gasteiger partial charge < -0.3 is 9.47 Å². The van der Waals surface area contributed by atoms with Crippen molar-refractivity contribution in [2.45, 2.75) is 30.8 Å². The number of benzene rings is 1. The molecule has 1 atom stereocenters. The fraction of sp³-hybridized carbons (Fsp3) is 0.429. The SMILES string of the molecule is CCn1nnnc1S[C@@H](C)C(=O)c1ccc(OC)c(OC)c1. The molecule has 118 valence electrons. The molecule has 0 bridgehead atoms. The van der Waals surface area contributed by atoms with E-state index in [-0.39, 0.29) is 11.0 Å². The number of rotatable bonds is 7. The van der Waals surface area contributed by atoms with Gasteiger partial charge in [0.1, 0.15) is 0 Å². The summed E-state index contributed by atoms with van der Waals surface area (Å²) in [6, 6.07) is 5.13. The van der Waals surface area contributed by atoms with Gasteiger partial charge >= 0.3 is 0 Å². The molecule has 0 fully saturated rings. The number of nitrogens with zero attached hydrogens (tertiary/aromatic N) is 4. The number of aromatic nitrogens is 4. The lowest BCUT2D eigenvalue weighted by molar-refractivity contribution is 0.0993. The van der Waals surface area contributed by atoms with Crippen LogP contribution in [0.5, 0.6) is 11.5 Å². The third-order valence-electron chi connectivity index (χ3n) is 3.12.